The van der Waals surface area contributed by atoms with Gasteiger partial charge < -0.3 is 5.11 Å². The Morgan fingerprint density at radius 2 is 2.06 bits per heavy atom. The molecule has 0 saturated carbocycles. The summed E-state index contributed by atoms with van der Waals surface area (Å²) < 4.78 is 26.2. The highest BCUT2D eigenvalue weighted by molar-refractivity contribution is 9.10. The number of carboxylic acid groups (broad SMARTS) is 1. The van der Waals surface area contributed by atoms with Crippen LogP contribution in [0, 0.1) is 6.92 Å². The maximum absolute atomic E-state index is 11.7. The standard InChI is InChI=1S/C10H12BrNO4S/c1-6-4-3-5-8(9(6)11)12-17(15,16)7(2)10(13)14/h3-5,7,12H,1-2H3,(H,13,14). The molecule has 0 amide bonds. The number of aryl methyl sites for hydroxylation is 1. The second-order valence-electron chi connectivity index (χ2n) is 3.56. The van der Waals surface area contributed by atoms with Crippen LogP contribution >= 0.6 is 15.9 Å². The highest BCUT2D eigenvalue weighted by Gasteiger charge is 2.28. The molecule has 0 aromatic heterocycles. The molecular formula is C10H12BrNO4S. The molecule has 7 heteroatoms. The van der Waals surface area contributed by atoms with E-state index >= 15 is 0 Å². The lowest BCUT2D eigenvalue weighted by Gasteiger charge is -2.13. The zero-order valence-corrected chi connectivity index (χ0v) is 11.7. The van der Waals surface area contributed by atoms with Crippen LogP contribution < -0.4 is 4.72 Å². The van der Waals surface area contributed by atoms with Crippen molar-refractivity contribution < 1.29 is 18.3 Å². The first-order valence-electron chi connectivity index (χ1n) is 4.75. The summed E-state index contributed by atoms with van der Waals surface area (Å²) in [6, 6.07) is 5.05. The Bertz CT molecular complexity index is 541. The fourth-order valence-electron chi connectivity index (χ4n) is 1.10. The van der Waals surface area contributed by atoms with Gasteiger partial charge in [0.05, 0.1) is 5.69 Å². The minimum atomic E-state index is -3.93. The molecule has 5 nitrogen and oxygen atoms in total. The Kier molecular flexibility index (Phi) is 4.16. The van der Waals surface area contributed by atoms with Crippen molar-refractivity contribution in [1.29, 1.82) is 0 Å². The number of carboxylic acids is 1. The van der Waals surface area contributed by atoms with E-state index in [-0.39, 0.29) is 0 Å². The molecule has 0 bridgehead atoms. The molecule has 0 aliphatic carbocycles. The maximum Gasteiger partial charge on any atom is 0.323 e. The number of benzene rings is 1. The van der Waals surface area contributed by atoms with Crippen molar-refractivity contribution in [3.05, 3.63) is 28.2 Å². The molecule has 17 heavy (non-hydrogen) atoms. The fourth-order valence-corrected chi connectivity index (χ4v) is 2.51. The van der Waals surface area contributed by atoms with Gasteiger partial charge in [-0.25, -0.2) is 8.42 Å². The molecule has 1 aromatic carbocycles. The van der Waals surface area contributed by atoms with E-state index < -0.39 is 21.2 Å². The molecule has 1 unspecified atom stereocenters. The molecular weight excluding hydrogens is 310 g/mol. The molecule has 94 valence electrons. The first-order chi connectivity index (χ1) is 7.75. The maximum atomic E-state index is 11.7. The van der Waals surface area contributed by atoms with Crippen LogP contribution in [0.15, 0.2) is 22.7 Å². The van der Waals surface area contributed by atoms with Gasteiger partial charge in [-0.05, 0) is 41.4 Å². The normalized spacial score (nSPS) is 13.1. The molecule has 0 radical (unpaired) electrons. The average Bonchev–Trinajstić information content (AvgIpc) is 2.23. The summed E-state index contributed by atoms with van der Waals surface area (Å²) in [5.74, 6) is -1.39. The number of carbonyl (C=O) groups is 1. The topological polar surface area (TPSA) is 83.5 Å². The van der Waals surface area contributed by atoms with Crippen molar-refractivity contribution in [2.75, 3.05) is 4.72 Å². The number of sulfonamides is 1. The van der Waals surface area contributed by atoms with Crippen LogP contribution in [0.3, 0.4) is 0 Å². The van der Waals surface area contributed by atoms with Gasteiger partial charge >= 0.3 is 5.97 Å². The van der Waals surface area contributed by atoms with Gasteiger partial charge in [-0.15, -0.1) is 0 Å². The molecule has 0 saturated heterocycles. The van der Waals surface area contributed by atoms with E-state index in [1.54, 1.807) is 12.1 Å². The average molecular weight is 322 g/mol. The molecule has 0 spiro atoms. The van der Waals surface area contributed by atoms with E-state index in [0.29, 0.717) is 10.2 Å². The highest BCUT2D eigenvalue weighted by Crippen LogP contribution is 2.27. The van der Waals surface area contributed by atoms with Gasteiger partial charge in [-0.1, -0.05) is 12.1 Å². The molecule has 2 N–H and O–H groups in total. The van der Waals surface area contributed by atoms with Crippen LogP contribution in [0.4, 0.5) is 5.69 Å². The van der Waals surface area contributed by atoms with E-state index in [1.807, 2.05) is 13.0 Å². The summed E-state index contributed by atoms with van der Waals surface area (Å²) in [5.41, 5.74) is 1.19. The van der Waals surface area contributed by atoms with Gasteiger partial charge in [-0.3, -0.25) is 9.52 Å². The van der Waals surface area contributed by atoms with Gasteiger partial charge in [-0.2, -0.15) is 0 Å². The van der Waals surface area contributed by atoms with Gasteiger partial charge in [0, 0.05) is 4.47 Å². The van der Waals surface area contributed by atoms with Crippen LogP contribution in [-0.4, -0.2) is 24.7 Å². The summed E-state index contributed by atoms with van der Waals surface area (Å²) in [4.78, 5) is 10.7. The molecule has 0 fully saturated rings. The zero-order valence-electron chi connectivity index (χ0n) is 9.27. The fraction of sp³-hybridized carbons (Fsp3) is 0.300. The molecule has 1 atom stereocenters. The van der Waals surface area contributed by atoms with Gasteiger partial charge in [0.15, 0.2) is 5.25 Å². The molecule has 1 rings (SSSR count). The second-order valence-corrected chi connectivity index (χ2v) is 6.36. The van der Waals surface area contributed by atoms with Crippen molar-refractivity contribution in [2.24, 2.45) is 0 Å². The first-order valence-corrected chi connectivity index (χ1v) is 7.09. The zero-order chi connectivity index (χ0) is 13.2. The number of rotatable bonds is 4. The molecule has 0 heterocycles. The van der Waals surface area contributed by atoms with Crippen molar-refractivity contribution >= 4 is 37.6 Å². The Balaban J connectivity index is 3.07. The lowest BCUT2D eigenvalue weighted by molar-refractivity contribution is -0.136. The first kappa shape index (κ1) is 14.0. The van der Waals surface area contributed by atoms with E-state index in [0.717, 1.165) is 12.5 Å². The molecule has 1 aromatic rings. The number of nitrogens with one attached hydrogen (secondary N) is 1. The van der Waals surface area contributed by atoms with Crippen molar-refractivity contribution in [3.63, 3.8) is 0 Å². The van der Waals surface area contributed by atoms with E-state index in [4.69, 9.17) is 5.11 Å². The third kappa shape index (κ3) is 3.19. The van der Waals surface area contributed by atoms with E-state index in [1.165, 1.54) is 0 Å². The minimum absolute atomic E-state index is 0.332. The monoisotopic (exact) mass is 321 g/mol. The van der Waals surface area contributed by atoms with Gasteiger partial charge in [0.2, 0.25) is 10.0 Å². The third-order valence-corrected chi connectivity index (χ3v) is 4.95. The highest BCUT2D eigenvalue weighted by atomic mass is 79.9. The number of hydrogen-bond acceptors (Lipinski definition) is 3. The Morgan fingerprint density at radius 1 is 1.47 bits per heavy atom. The lowest BCUT2D eigenvalue weighted by atomic mass is 10.2. The van der Waals surface area contributed by atoms with E-state index in [2.05, 4.69) is 20.7 Å². The van der Waals surface area contributed by atoms with Crippen LogP contribution in [-0.2, 0) is 14.8 Å². The van der Waals surface area contributed by atoms with Crippen LogP contribution in [0.2, 0.25) is 0 Å². The Hall–Kier alpha value is -1.08. The third-order valence-electron chi connectivity index (χ3n) is 2.26. The summed E-state index contributed by atoms with van der Waals surface area (Å²) in [6.45, 7) is 2.93. The van der Waals surface area contributed by atoms with E-state index in [9.17, 15) is 13.2 Å². The lowest BCUT2D eigenvalue weighted by Crippen LogP contribution is -2.32. The number of halogens is 1. The smallest absolute Gasteiger partial charge is 0.323 e. The second kappa shape index (κ2) is 5.05. The number of hydrogen-bond donors (Lipinski definition) is 2. The van der Waals surface area contributed by atoms with Crippen molar-refractivity contribution in [1.82, 2.24) is 0 Å². The quantitative estimate of drug-likeness (QED) is 0.888. The van der Waals surface area contributed by atoms with Gasteiger partial charge in [0.25, 0.3) is 0 Å². The number of aliphatic carboxylic acids is 1. The van der Waals surface area contributed by atoms with Crippen LogP contribution in [0.25, 0.3) is 0 Å². The van der Waals surface area contributed by atoms with Crippen molar-refractivity contribution in [3.8, 4) is 0 Å². The summed E-state index contributed by atoms with van der Waals surface area (Å²) >= 11 is 3.24. The van der Waals surface area contributed by atoms with Gasteiger partial charge in [0.1, 0.15) is 0 Å². The molecule has 0 aliphatic rings. The predicted molar refractivity (Wildman–Crippen MR) is 68.5 cm³/mol. The summed E-state index contributed by atoms with van der Waals surface area (Å²) in [6.07, 6.45) is 0. The SMILES string of the molecule is Cc1cccc(NS(=O)(=O)C(C)C(=O)O)c1Br. The number of anilines is 1. The molecule has 0 aliphatic heterocycles. The predicted octanol–water partition coefficient (Wildman–Crippen LogP) is 1.97. The van der Waals surface area contributed by atoms with Crippen LogP contribution in [0.1, 0.15) is 12.5 Å². The largest absolute Gasteiger partial charge is 0.480 e. The Morgan fingerprint density at radius 3 is 2.59 bits per heavy atom. The minimum Gasteiger partial charge on any atom is -0.480 e. The van der Waals surface area contributed by atoms with Crippen molar-refractivity contribution in [2.45, 2.75) is 19.1 Å². The summed E-state index contributed by atoms with van der Waals surface area (Å²) in [5, 5.41) is 7.18. The Labute approximate surface area is 108 Å². The summed E-state index contributed by atoms with van der Waals surface area (Å²) in [7, 11) is -3.93. The van der Waals surface area contributed by atoms with Crippen LogP contribution in [0.5, 0.6) is 0 Å².